The van der Waals surface area contributed by atoms with E-state index in [0.717, 1.165) is 63.5 Å². The van der Waals surface area contributed by atoms with E-state index in [-0.39, 0.29) is 57.8 Å². The lowest BCUT2D eigenvalue weighted by atomic mass is 9.37. The Kier molecular flexibility index (Phi) is 13.5. The summed E-state index contributed by atoms with van der Waals surface area (Å²) in [4.78, 5) is 52.7. The highest BCUT2D eigenvalue weighted by atomic mass is 35.5. The summed E-state index contributed by atoms with van der Waals surface area (Å²) in [6.45, 7) is 25.7. The van der Waals surface area contributed by atoms with Gasteiger partial charge < -0.3 is 19.8 Å². The number of fused-ring (bicyclic) bond motifs is 3. The number of aliphatic hydroxyl groups is 1. The fourth-order valence-corrected chi connectivity index (χ4v) is 12.9. The van der Waals surface area contributed by atoms with Crippen LogP contribution in [0.3, 0.4) is 0 Å². The van der Waals surface area contributed by atoms with Crippen LogP contribution in [0.25, 0.3) is 0 Å². The van der Waals surface area contributed by atoms with Crippen LogP contribution in [0.1, 0.15) is 152 Å². The highest BCUT2D eigenvalue weighted by Crippen LogP contribution is 2.73. The molecule has 3 fully saturated rings. The number of nitrogens with zero attached hydrogens (tertiary/aromatic N) is 4. The van der Waals surface area contributed by atoms with Gasteiger partial charge in [-0.3, -0.25) is 19.3 Å². The highest BCUT2D eigenvalue weighted by Gasteiger charge is 2.67. The van der Waals surface area contributed by atoms with Crippen LogP contribution < -0.4 is 0 Å². The molecule has 0 bridgehead atoms. The van der Waals surface area contributed by atoms with Crippen molar-refractivity contribution < 1.29 is 29.3 Å². The molecule has 0 spiro atoms. The second-order valence-corrected chi connectivity index (χ2v) is 22.0. The molecule has 0 aromatic carbocycles. The number of aromatic nitrogens is 2. The number of carboxylic acid groups (broad SMARTS) is 1. The van der Waals surface area contributed by atoms with Crippen molar-refractivity contribution in [1.29, 1.82) is 0 Å². The molecular formula is C47H75ClN4O6. The second-order valence-electron chi connectivity index (χ2n) is 21.6. The molecule has 1 aromatic heterocycles. The highest BCUT2D eigenvalue weighted by molar-refractivity contribution is 6.30. The van der Waals surface area contributed by atoms with Crippen molar-refractivity contribution in [1.82, 2.24) is 19.8 Å². The second kappa shape index (κ2) is 16.8. The number of esters is 1. The molecule has 4 aliphatic carbocycles. The molecule has 5 rings (SSSR count). The van der Waals surface area contributed by atoms with E-state index in [4.69, 9.17) is 16.3 Å². The standard InChI is InChI=1S/C47H75ClN4O6/c1-14-45(10)34(44(9)18-17-36(43(7,8)28-44)58-37(55)24-42(5,6)41(56)57)16-15-32-39-38(29(2)3)33(53)23-47(39,20-19-46(32,45)11)35(54)27-52(22-21-51(12)13)30(4)40-49-25-31(48)26-50-40/h25-26,29-30,32,34-36,54H,14-24,27-28H2,1-13H3,(H,56,57). The number of carbonyl (C=O) groups is 3. The number of rotatable bonds is 15. The van der Waals surface area contributed by atoms with Crippen LogP contribution in [0.5, 0.6) is 0 Å². The summed E-state index contributed by atoms with van der Waals surface area (Å²) >= 11 is 6.16. The van der Waals surface area contributed by atoms with Gasteiger partial charge in [0, 0.05) is 49.3 Å². The molecule has 326 valence electrons. The van der Waals surface area contributed by atoms with Crippen molar-refractivity contribution in [3.8, 4) is 0 Å². The van der Waals surface area contributed by atoms with Gasteiger partial charge in [-0.1, -0.05) is 72.6 Å². The summed E-state index contributed by atoms with van der Waals surface area (Å²) in [6, 6.07) is -0.162. The van der Waals surface area contributed by atoms with E-state index >= 15 is 0 Å². The van der Waals surface area contributed by atoms with Gasteiger partial charge in [-0.15, -0.1) is 0 Å². The number of Topliss-reactive ketones (excluding diaryl/α,β-unsaturated/α-hetero) is 1. The topological polar surface area (TPSA) is 133 Å². The fourth-order valence-electron chi connectivity index (χ4n) is 12.8. The Bertz CT molecular complexity index is 1730. The maximum atomic E-state index is 14.4. The van der Waals surface area contributed by atoms with Gasteiger partial charge in [-0.2, -0.15) is 0 Å². The van der Waals surface area contributed by atoms with Crippen LogP contribution in [0, 0.1) is 50.2 Å². The molecular weight excluding hydrogens is 752 g/mol. The van der Waals surface area contributed by atoms with Crippen LogP contribution in [-0.2, 0) is 19.1 Å². The van der Waals surface area contributed by atoms with Gasteiger partial charge in [-0.25, -0.2) is 9.97 Å². The van der Waals surface area contributed by atoms with E-state index in [2.05, 4.69) is 96.2 Å². The maximum Gasteiger partial charge on any atom is 0.309 e. The maximum absolute atomic E-state index is 14.4. The van der Waals surface area contributed by atoms with Gasteiger partial charge in [0.15, 0.2) is 5.78 Å². The van der Waals surface area contributed by atoms with Gasteiger partial charge >= 0.3 is 11.9 Å². The smallest absolute Gasteiger partial charge is 0.309 e. The Labute approximate surface area is 354 Å². The number of likely N-dealkylation sites (N-methyl/N-ethyl adjacent to an activating group) is 1. The molecule has 9 atom stereocenters. The lowest BCUT2D eigenvalue weighted by Gasteiger charge is -2.68. The van der Waals surface area contributed by atoms with Gasteiger partial charge in [0.05, 0.1) is 29.0 Å². The largest absolute Gasteiger partial charge is 0.481 e. The third-order valence-corrected chi connectivity index (χ3v) is 16.6. The van der Waals surface area contributed by atoms with Crippen molar-refractivity contribution in [2.75, 3.05) is 33.7 Å². The molecule has 10 nitrogen and oxygen atoms in total. The molecule has 58 heavy (non-hydrogen) atoms. The van der Waals surface area contributed by atoms with Crippen LogP contribution >= 0.6 is 11.6 Å². The van der Waals surface area contributed by atoms with Crippen LogP contribution in [-0.4, -0.2) is 93.6 Å². The molecule has 0 amide bonds. The Morgan fingerprint density at radius 3 is 2.19 bits per heavy atom. The van der Waals surface area contributed by atoms with Crippen LogP contribution in [0.4, 0.5) is 0 Å². The number of carboxylic acids is 1. The minimum absolute atomic E-state index is 0.00684. The Morgan fingerprint density at radius 1 is 1.00 bits per heavy atom. The quantitative estimate of drug-likeness (QED) is 0.165. The number of allylic oxidation sites excluding steroid dienone is 1. The number of carbonyl (C=O) groups excluding carboxylic acids is 2. The Morgan fingerprint density at radius 2 is 1.64 bits per heavy atom. The first-order valence-electron chi connectivity index (χ1n) is 22.0. The zero-order valence-corrected chi connectivity index (χ0v) is 38.8. The molecule has 0 aliphatic heterocycles. The lowest BCUT2D eigenvalue weighted by Crippen LogP contribution is -2.61. The van der Waals surface area contributed by atoms with Crippen LogP contribution in [0.2, 0.25) is 5.02 Å². The minimum atomic E-state index is -1.18. The molecule has 9 unspecified atom stereocenters. The predicted octanol–water partition coefficient (Wildman–Crippen LogP) is 9.20. The number of aliphatic carboxylic acids is 1. The third-order valence-electron chi connectivity index (χ3n) is 16.4. The van der Waals surface area contributed by atoms with E-state index in [1.165, 1.54) is 5.57 Å². The fraction of sp³-hybridized carbons (Fsp3) is 0.809. The lowest BCUT2D eigenvalue weighted by molar-refractivity contribution is -0.187. The van der Waals surface area contributed by atoms with Crippen molar-refractivity contribution in [2.45, 2.75) is 159 Å². The number of halogens is 1. The summed E-state index contributed by atoms with van der Waals surface area (Å²) in [7, 11) is 4.11. The monoisotopic (exact) mass is 827 g/mol. The number of ketones is 1. The molecule has 2 N–H and O–H groups in total. The normalized spacial score (nSPS) is 33.6. The summed E-state index contributed by atoms with van der Waals surface area (Å²) in [6.07, 6.45) is 9.73. The Balaban J connectivity index is 1.46. The van der Waals surface area contributed by atoms with E-state index in [9.17, 15) is 24.6 Å². The molecule has 11 heteroatoms. The van der Waals surface area contributed by atoms with E-state index < -0.39 is 28.9 Å². The Hall–Kier alpha value is -2.40. The predicted molar refractivity (Wildman–Crippen MR) is 229 cm³/mol. The van der Waals surface area contributed by atoms with Crippen molar-refractivity contribution >= 4 is 29.3 Å². The number of hydrogen-bond donors (Lipinski definition) is 2. The SMILES string of the molecule is CCC1(C)C(C2(C)CCC(OC(=O)CC(C)(C)C(=O)O)C(C)(C)C2)CCC2C3=C(C(C)C)C(=O)CC3(C(O)CN(CCN(C)C)C(C)c3ncc(Cl)cn3)CCC21C. The molecule has 3 saturated carbocycles. The molecule has 4 aliphatic rings. The number of aliphatic hydroxyl groups excluding tert-OH is 1. The molecule has 1 heterocycles. The number of hydrogen-bond acceptors (Lipinski definition) is 9. The summed E-state index contributed by atoms with van der Waals surface area (Å²) in [5, 5.41) is 22.9. The van der Waals surface area contributed by atoms with Crippen molar-refractivity contribution in [3.63, 3.8) is 0 Å². The van der Waals surface area contributed by atoms with Gasteiger partial charge in [-0.05, 0) is 126 Å². The molecule has 0 radical (unpaired) electrons. The minimum Gasteiger partial charge on any atom is -0.481 e. The van der Waals surface area contributed by atoms with Crippen molar-refractivity contribution in [3.05, 3.63) is 34.4 Å². The molecule has 1 aromatic rings. The van der Waals surface area contributed by atoms with Gasteiger partial charge in [0.25, 0.3) is 0 Å². The summed E-state index contributed by atoms with van der Waals surface area (Å²) in [5.41, 5.74) is -0.0307. The van der Waals surface area contributed by atoms with E-state index in [0.29, 0.717) is 36.3 Å². The van der Waals surface area contributed by atoms with Gasteiger partial charge in [0.2, 0.25) is 0 Å². The van der Waals surface area contributed by atoms with Crippen LogP contribution in [0.15, 0.2) is 23.5 Å². The van der Waals surface area contributed by atoms with Crippen molar-refractivity contribution in [2.24, 2.45) is 50.2 Å². The first-order valence-corrected chi connectivity index (χ1v) is 22.4. The zero-order valence-electron chi connectivity index (χ0n) is 38.0. The first kappa shape index (κ1) is 46.7. The van der Waals surface area contributed by atoms with Gasteiger partial charge in [0.1, 0.15) is 11.9 Å². The van der Waals surface area contributed by atoms with E-state index in [1.807, 2.05) is 0 Å². The summed E-state index contributed by atoms with van der Waals surface area (Å²) in [5.74, 6) is 0.0724. The number of ether oxygens (including phenoxy) is 1. The average molecular weight is 828 g/mol. The summed E-state index contributed by atoms with van der Waals surface area (Å²) < 4.78 is 6.10. The zero-order chi connectivity index (χ0) is 43.4. The van der Waals surface area contributed by atoms with E-state index in [1.54, 1.807) is 26.2 Å². The third kappa shape index (κ3) is 8.43. The molecule has 0 saturated heterocycles. The first-order chi connectivity index (χ1) is 26.8. The average Bonchev–Trinajstić information content (AvgIpc) is 3.44.